The number of rotatable bonds is 5. The summed E-state index contributed by atoms with van der Waals surface area (Å²) < 4.78 is 5.31. The van der Waals surface area contributed by atoms with Gasteiger partial charge in [0.05, 0.1) is 5.69 Å². The highest BCUT2D eigenvalue weighted by Crippen LogP contribution is 2.45. The van der Waals surface area contributed by atoms with Gasteiger partial charge in [0, 0.05) is 85.3 Å². The van der Waals surface area contributed by atoms with Crippen molar-refractivity contribution in [2.75, 3.05) is 4.90 Å². The first-order chi connectivity index (χ1) is 28.2. The normalized spacial score (nSPS) is 11.9. The molecule has 0 atom stereocenters. The molecule has 0 saturated carbocycles. The van der Waals surface area contributed by atoms with Gasteiger partial charge in [0.1, 0.15) is 0 Å². The molecule has 0 saturated heterocycles. The SMILES string of the molecule is c1ccc2cc(-c3ccc(-c4ccc(N(c5ccc6ccc7c8ccccc8sc7c6c5)c5ccc6ccc7c8ccccc8sc7c6c5)cc4)cc3)ncc2c1. The van der Waals surface area contributed by atoms with Gasteiger partial charge < -0.3 is 4.90 Å². The molecule has 3 aromatic heterocycles. The van der Waals surface area contributed by atoms with Crippen molar-refractivity contribution in [1.29, 1.82) is 0 Å². The third-order valence-electron chi connectivity index (χ3n) is 11.5. The molecule has 3 heterocycles. The van der Waals surface area contributed by atoms with Gasteiger partial charge in [0.25, 0.3) is 0 Å². The van der Waals surface area contributed by atoms with Crippen molar-refractivity contribution in [2.24, 2.45) is 0 Å². The maximum Gasteiger partial charge on any atom is 0.0708 e. The molecule has 0 fully saturated rings. The Bertz CT molecular complexity index is 3370. The van der Waals surface area contributed by atoms with Crippen molar-refractivity contribution in [3.05, 3.63) is 194 Å². The van der Waals surface area contributed by atoms with Crippen LogP contribution in [0.2, 0.25) is 0 Å². The molecule has 0 aliphatic heterocycles. The quantitative estimate of drug-likeness (QED) is 0.174. The summed E-state index contributed by atoms with van der Waals surface area (Å²) >= 11 is 3.77. The van der Waals surface area contributed by atoms with Crippen LogP contribution in [0.4, 0.5) is 17.1 Å². The number of fused-ring (bicyclic) bond motifs is 11. The van der Waals surface area contributed by atoms with E-state index in [1.54, 1.807) is 0 Å². The van der Waals surface area contributed by atoms with Crippen LogP contribution in [-0.2, 0) is 0 Å². The van der Waals surface area contributed by atoms with E-state index < -0.39 is 0 Å². The van der Waals surface area contributed by atoms with Crippen LogP contribution in [0, 0.1) is 0 Å². The van der Waals surface area contributed by atoms with Gasteiger partial charge >= 0.3 is 0 Å². The largest absolute Gasteiger partial charge is 0.310 e. The second-order valence-electron chi connectivity index (χ2n) is 14.8. The van der Waals surface area contributed by atoms with Gasteiger partial charge in [0.2, 0.25) is 0 Å². The molecule has 0 N–H and O–H groups in total. The van der Waals surface area contributed by atoms with Crippen molar-refractivity contribution in [3.63, 3.8) is 0 Å². The summed E-state index contributed by atoms with van der Waals surface area (Å²) in [6, 6.07) is 68.9. The van der Waals surface area contributed by atoms with Crippen LogP contribution in [0.1, 0.15) is 0 Å². The predicted octanol–water partition coefficient (Wildman–Crippen LogP) is 16.1. The minimum atomic E-state index is 0.984. The fourth-order valence-electron chi connectivity index (χ4n) is 8.58. The maximum atomic E-state index is 4.76. The van der Waals surface area contributed by atoms with Crippen molar-refractivity contribution >= 4 is 112 Å². The van der Waals surface area contributed by atoms with Gasteiger partial charge in [0.15, 0.2) is 0 Å². The number of pyridine rings is 1. The minimum Gasteiger partial charge on any atom is -0.310 e. The molecular weight excluding hydrogens is 729 g/mol. The summed E-state index contributed by atoms with van der Waals surface area (Å²) in [7, 11) is 0. The average Bonchev–Trinajstić information content (AvgIpc) is 3.86. The first-order valence-corrected chi connectivity index (χ1v) is 20.9. The molecule has 2 nitrogen and oxygen atoms in total. The maximum absolute atomic E-state index is 4.76. The molecule has 9 aromatic carbocycles. The third kappa shape index (κ3) is 5.33. The van der Waals surface area contributed by atoms with E-state index in [0.29, 0.717) is 0 Å². The van der Waals surface area contributed by atoms with E-state index >= 15 is 0 Å². The number of aromatic nitrogens is 1. The van der Waals surface area contributed by atoms with Crippen molar-refractivity contribution in [1.82, 2.24) is 4.98 Å². The molecule has 0 aliphatic rings. The average molecular weight is 761 g/mol. The topological polar surface area (TPSA) is 16.1 Å². The fraction of sp³-hybridized carbons (Fsp3) is 0. The molecule has 12 rings (SSSR count). The number of benzene rings is 9. The number of anilines is 3. The fourth-order valence-corrected chi connectivity index (χ4v) is 11.0. The predicted molar refractivity (Wildman–Crippen MR) is 248 cm³/mol. The second-order valence-corrected chi connectivity index (χ2v) is 16.9. The summed E-state index contributed by atoms with van der Waals surface area (Å²) in [6.45, 7) is 0. The Hall–Kier alpha value is -6.85. The molecule has 0 spiro atoms. The highest BCUT2D eigenvalue weighted by molar-refractivity contribution is 7.27. The lowest BCUT2D eigenvalue weighted by molar-refractivity contribution is 1.30. The number of hydrogen-bond acceptors (Lipinski definition) is 4. The Morgan fingerprint density at radius 3 is 1.40 bits per heavy atom. The monoisotopic (exact) mass is 760 g/mol. The lowest BCUT2D eigenvalue weighted by Crippen LogP contribution is -2.10. The third-order valence-corrected chi connectivity index (χ3v) is 13.9. The first kappa shape index (κ1) is 32.4. The molecule has 57 heavy (non-hydrogen) atoms. The number of hydrogen-bond donors (Lipinski definition) is 0. The van der Waals surface area contributed by atoms with Crippen LogP contribution in [0.25, 0.3) is 95.0 Å². The van der Waals surface area contributed by atoms with E-state index in [0.717, 1.165) is 33.7 Å². The van der Waals surface area contributed by atoms with E-state index in [1.165, 1.54) is 78.4 Å². The zero-order valence-electron chi connectivity index (χ0n) is 30.7. The van der Waals surface area contributed by atoms with Crippen molar-refractivity contribution in [2.45, 2.75) is 0 Å². The van der Waals surface area contributed by atoms with Crippen molar-refractivity contribution < 1.29 is 0 Å². The summed E-state index contributed by atoms with van der Waals surface area (Å²) in [6.07, 6.45) is 1.96. The van der Waals surface area contributed by atoms with Crippen LogP contribution in [0.3, 0.4) is 0 Å². The molecule has 0 bridgehead atoms. The van der Waals surface area contributed by atoms with Gasteiger partial charge in [-0.2, -0.15) is 0 Å². The molecule has 4 heteroatoms. The summed E-state index contributed by atoms with van der Waals surface area (Å²) in [5.41, 5.74) is 7.83. The van der Waals surface area contributed by atoms with E-state index in [1.807, 2.05) is 28.9 Å². The van der Waals surface area contributed by atoms with Crippen LogP contribution < -0.4 is 4.90 Å². The molecule has 0 radical (unpaired) electrons. The summed E-state index contributed by atoms with van der Waals surface area (Å²) in [5.74, 6) is 0. The van der Waals surface area contributed by atoms with Gasteiger partial charge in [-0.15, -0.1) is 22.7 Å². The van der Waals surface area contributed by atoms with Gasteiger partial charge in [-0.05, 0) is 81.9 Å². The van der Waals surface area contributed by atoms with E-state index in [-0.39, 0.29) is 0 Å². The highest BCUT2D eigenvalue weighted by atomic mass is 32.1. The standard InChI is InChI=1S/C53H32N2S2/c1-2-8-39-32-54-49(29-38(39)7-1)37-15-13-33(14-16-37)34-17-23-40(24-18-34)55(41-25-19-35-21-27-45-43-9-3-5-11-50(43)56-52(45)47(35)30-41)42-26-20-36-22-28-46-44-10-4-6-12-51(44)57-53(46)48(36)31-42/h1-32H. The highest BCUT2D eigenvalue weighted by Gasteiger charge is 2.18. The molecule has 12 aromatic rings. The second kappa shape index (κ2) is 12.9. The van der Waals surface area contributed by atoms with E-state index in [9.17, 15) is 0 Å². The Labute approximate surface area is 337 Å². The van der Waals surface area contributed by atoms with Crippen molar-refractivity contribution in [3.8, 4) is 22.4 Å². The van der Waals surface area contributed by atoms with Gasteiger partial charge in [-0.1, -0.05) is 133 Å². The zero-order valence-corrected chi connectivity index (χ0v) is 32.3. The molecule has 266 valence electrons. The molecular formula is C53H32N2S2. The number of nitrogens with zero attached hydrogens (tertiary/aromatic N) is 2. The Morgan fingerprint density at radius 1 is 0.333 bits per heavy atom. The van der Waals surface area contributed by atoms with Gasteiger partial charge in [-0.25, -0.2) is 0 Å². The van der Waals surface area contributed by atoms with E-state index in [2.05, 4.69) is 193 Å². The Balaban J connectivity index is 0.990. The summed E-state index contributed by atoms with van der Waals surface area (Å²) in [4.78, 5) is 7.18. The molecule has 0 aliphatic carbocycles. The zero-order chi connectivity index (χ0) is 37.5. The lowest BCUT2D eigenvalue weighted by Gasteiger charge is -2.26. The molecule has 0 amide bonds. The smallest absolute Gasteiger partial charge is 0.0708 e. The van der Waals surface area contributed by atoms with Crippen LogP contribution in [0.15, 0.2) is 194 Å². The van der Waals surface area contributed by atoms with Crippen LogP contribution >= 0.6 is 22.7 Å². The van der Waals surface area contributed by atoms with Crippen LogP contribution in [-0.4, -0.2) is 4.98 Å². The van der Waals surface area contributed by atoms with Gasteiger partial charge in [-0.3, -0.25) is 4.98 Å². The lowest BCUT2D eigenvalue weighted by atomic mass is 10.0. The Kier molecular flexibility index (Phi) is 7.31. The number of thiophene rings is 2. The summed E-state index contributed by atoms with van der Waals surface area (Å²) in [5, 5.41) is 12.7. The first-order valence-electron chi connectivity index (χ1n) is 19.3. The van der Waals surface area contributed by atoms with E-state index in [4.69, 9.17) is 4.98 Å². The minimum absolute atomic E-state index is 0.984. The van der Waals surface area contributed by atoms with Crippen LogP contribution in [0.5, 0.6) is 0 Å². The molecule has 0 unspecified atom stereocenters. The Morgan fingerprint density at radius 2 is 0.807 bits per heavy atom.